The number of piperidine rings is 1. The van der Waals surface area contributed by atoms with Gasteiger partial charge in [0.15, 0.2) is 0 Å². The van der Waals surface area contributed by atoms with Gasteiger partial charge in [0.05, 0.1) is 24.4 Å². The molecule has 34 heavy (non-hydrogen) atoms. The maximum absolute atomic E-state index is 13.2. The molecule has 1 saturated heterocycles. The molecule has 1 N–H and O–H groups in total. The first kappa shape index (κ1) is 24.0. The number of nitrogens with one attached hydrogen (secondary N) is 1. The Morgan fingerprint density at radius 3 is 2.35 bits per heavy atom. The maximum Gasteiger partial charge on any atom is 0.276 e. The van der Waals surface area contributed by atoms with Crippen molar-refractivity contribution in [3.05, 3.63) is 52.0 Å². The van der Waals surface area contributed by atoms with Crippen molar-refractivity contribution in [1.29, 1.82) is 0 Å². The maximum atomic E-state index is 13.2. The second kappa shape index (κ2) is 9.99. The first-order valence-electron chi connectivity index (χ1n) is 10.7. The number of aromatic nitrogens is 4. The lowest BCUT2D eigenvalue weighted by molar-refractivity contribution is -0.130. The molecule has 3 aromatic rings. The minimum Gasteiger partial charge on any atom is -0.480 e. The van der Waals surface area contributed by atoms with E-state index < -0.39 is 5.91 Å². The van der Waals surface area contributed by atoms with E-state index in [1.54, 1.807) is 35.0 Å². The van der Waals surface area contributed by atoms with E-state index in [2.05, 4.69) is 20.4 Å². The average Bonchev–Trinajstić information content (AvgIpc) is 3.21. The Balaban J connectivity index is 1.52. The average molecular weight is 503 g/mol. The Morgan fingerprint density at radius 1 is 1.06 bits per heavy atom. The Hall–Kier alpha value is -3.17. The molecule has 0 bridgehead atoms. The van der Waals surface area contributed by atoms with Crippen LogP contribution < -0.4 is 10.1 Å². The van der Waals surface area contributed by atoms with Crippen LogP contribution in [0.4, 0.5) is 5.82 Å². The molecular formula is C23H24Cl2N6O3. The van der Waals surface area contributed by atoms with E-state index in [-0.39, 0.29) is 22.7 Å². The second-order valence-corrected chi connectivity index (χ2v) is 8.90. The zero-order chi connectivity index (χ0) is 24.4. The molecule has 4 rings (SSSR count). The number of aryl methyl sites for hydroxylation is 1. The molecule has 0 aliphatic carbocycles. The van der Waals surface area contributed by atoms with Crippen LogP contribution in [0.1, 0.15) is 41.9 Å². The monoisotopic (exact) mass is 502 g/mol. The highest BCUT2D eigenvalue weighted by atomic mass is 35.5. The van der Waals surface area contributed by atoms with Gasteiger partial charge in [-0.15, -0.1) is 0 Å². The fourth-order valence-corrected chi connectivity index (χ4v) is 4.48. The lowest BCUT2D eigenvalue weighted by Gasteiger charge is -2.32. The molecule has 3 aromatic heterocycles. The summed E-state index contributed by atoms with van der Waals surface area (Å²) < 4.78 is 6.75. The molecule has 0 spiro atoms. The lowest BCUT2D eigenvalue weighted by atomic mass is 10.0. The quantitative estimate of drug-likeness (QED) is 0.554. The van der Waals surface area contributed by atoms with Crippen molar-refractivity contribution in [1.82, 2.24) is 24.6 Å². The SMILES string of the molecule is COc1ncc(-c2cnc(NC(=O)c3c(Cl)cnn3C3CCN(C(C)=O)CC3)c(C)c2)cc1Cl. The van der Waals surface area contributed by atoms with Crippen molar-refractivity contribution in [3.63, 3.8) is 0 Å². The predicted octanol–water partition coefficient (Wildman–Crippen LogP) is 4.40. The van der Waals surface area contributed by atoms with E-state index >= 15 is 0 Å². The van der Waals surface area contributed by atoms with Gasteiger partial charge in [-0.1, -0.05) is 23.2 Å². The van der Waals surface area contributed by atoms with Gasteiger partial charge in [-0.2, -0.15) is 5.10 Å². The molecule has 4 heterocycles. The molecule has 0 unspecified atom stereocenters. The van der Waals surface area contributed by atoms with E-state index in [0.717, 1.165) is 16.7 Å². The number of carbonyl (C=O) groups is 2. The number of likely N-dealkylation sites (tertiary alicyclic amines) is 1. The minimum atomic E-state index is -0.394. The third kappa shape index (κ3) is 4.85. The number of amides is 2. The molecule has 1 fully saturated rings. The van der Waals surface area contributed by atoms with Gasteiger partial charge in [-0.05, 0) is 37.5 Å². The molecule has 0 aromatic carbocycles. The predicted molar refractivity (Wildman–Crippen MR) is 129 cm³/mol. The standard InChI is InChI=1S/C23H24Cl2N6O3/c1-13-8-15(16-9-18(24)23(34-3)27-11-16)10-26-21(13)29-22(33)20-19(25)12-28-31(20)17-4-6-30(7-5-17)14(2)32/h8-12,17H,4-7H2,1-3H3,(H,26,29,33). The number of rotatable bonds is 5. The number of hydrogen-bond acceptors (Lipinski definition) is 6. The lowest BCUT2D eigenvalue weighted by Crippen LogP contribution is -2.38. The van der Waals surface area contributed by atoms with Crippen LogP contribution in [0.25, 0.3) is 11.1 Å². The molecule has 9 nitrogen and oxygen atoms in total. The minimum absolute atomic E-state index is 0.0207. The molecule has 0 radical (unpaired) electrons. The van der Waals surface area contributed by atoms with Crippen LogP contribution in [-0.4, -0.2) is 56.7 Å². The summed E-state index contributed by atoms with van der Waals surface area (Å²) >= 11 is 12.5. The summed E-state index contributed by atoms with van der Waals surface area (Å²) in [5, 5.41) is 7.85. The fraction of sp³-hybridized carbons (Fsp3) is 0.348. The molecular weight excluding hydrogens is 479 g/mol. The first-order chi connectivity index (χ1) is 16.3. The second-order valence-electron chi connectivity index (χ2n) is 8.08. The molecule has 1 aliphatic rings. The number of pyridine rings is 2. The summed E-state index contributed by atoms with van der Waals surface area (Å²) in [7, 11) is 1.50. The van der Waals surface area contributed by atoms with E-state index in [1.807, 2.05) is 13.0 Å². The van der Waals surface area contributed by atoms with Gasteiger partial charge in [0.1, 0.15) is 16.5 Å². The van der Waals surface area contributed by atoms with Crippen molar-refractivity contribution < 1.29 is 14.3 Å². The van der Waals surface area contributed by atoms with Crippen LogP contribution in [0.15, 0.2) is 30.7 Å². The van der Waals surface area contributed by atoms with Gasteiger partial charge in [-0.25, -0.2) is 9.97 Å². The van der Waals surface area contributed by atoms with Gasteiger partial charge in [-0.3, -0.25) is 14.3 Å². The van der Waals surface area contributed by atoms with Crippen LogP contribution in [0.5, 0.6) is 5.88 Å². The smallest absolute Gasteiger partial charge is 0.276 e. The first-order valence-corrected chi connectivity index (χ1v) is 11.5. The van der Waals surface area contributed by atoms with Crippen LogP contribution >= 0.6 is 23.2 Å². The van der Waals surface area contributed by atoms with Gasteiger partial charge >= 0.3 is 0 Å². The summed E-state index contributed by atoms with van der Waals surface area (Å²) in [6.07, 6.45) is 6.15. The van der Waals surface area contributed by atoms with E-state index in [4.69, 9.17) is 27.9 Å². The van der Waals surface area contributed by atoms with Crippen LogP contribution in [0.3, 0.4) is 0 Å². The van der Waals surface area contributed by atoms with Crippen LogP contribution in [-0.2, 0) is 4.79 Å². The third-order valence-corrected chi connectivity index (χ3v) is 6.41. The van der Waals surface area contributed by atoms with Gasteiger partial charge < -0.3 is 15.0 Å². The fourth-order valence-electron chi connectivity index (χ4n) is 4.02. The highest BCUT2D eigenvalue weighted by Crippen LogP contribution is 2.30. The topological polar surface area (TPSA) is 102 Å². The number of hydrogen-bond donors (Lipinski definition) is 1. The summed E-state index contributed by atoms with van der Waals surface area (Å²) in [6, 6.07) is 3.61. The largest absolute Gasteiger partial charge is 0.480 e. The number of methoxy groups -OCH3 is 1. The third-order valence-electron chi connectivity index (χ3n) is 5.87. The summed E-state index contributed by atoms with van der Waals surface area (Å²) in [5.41, 5.74) is 2.61. The van der Waals surface area contributed by atoms with Crippen molar-refractivity contribution in [2.24, 2.45) is 0 Å². The normalized spacial score (nSPS) is 14.2. The van der Waals surface area contributed by atoms with Crippen LogP contribution in [0, 0.1) is 6.92 Å². The number of nitrogens with zero attached hydrogens (tertiary/aromatic N) is 5. The Bertz CT molecular complexity index is 1240. The summed E-state index contributed by atoms with van der Waals surface area (Å²) in [6.45, 7) is 4.64. The molecule has 1 aliphatic heterocycles. The Kier molecular flexibility index (Phi) is 7.04. The van der Waals surface area contributed by atoms with Crippen molar-refractivity contribution in [2.45, 2.75) is 32.7 Å². The summed E-state index contributed by atoms with van der Waals surface area (Å²) in [4.78, 5) is 35.2. The highest BCUT2D eigenvalue weighted by molar-refractivity contribution is 6.34. The zero-order valence-corrected chi connectivity index (χ0v) is 20.5. The molecule has 0 atom stereocenters. The zero-order valence-electron chi connectivity index (χ0n) is 19.0. The molecule has 0 saturated carbocycles. The molecule has 2 amide bonds. The molecule has 178 valence electrons. The van der Waals surface area contributed by atoms with E-state index in [0.29, 0.717) is 42.7 Å². The summed E-state index contributed by atoms with van der Waals surface area (Å²) in [5.74, 6) is 0.414. The van der Waals surface area contributed by atoms with E-state index in [9.17, 15) is 9.59 Å². The van der Waals surface area contributed by atoms with Gasteiger partial charge in [0.2, 0.25) is 11.8 Å². The Labute approximate surface area is 207 Å². The number of carbonyl (C=O) groups excluding carboxylic acids is 2. The molecule has 11 heteroatoms. The van der Waals surface area contributed by atoms with Crippen molar-refractivity contribution >= 4 is 40.8 Å². The van der Waals surface area contributed by atoms with Crippen molar-refractivity contribution in [3.8, 4) is 17.0 Å². The van der Waals surface area contributed by atoms with Gasteiger partial charge in [0, 0.05) is 43.5 Å². The van der Waals surface area contributed by atoms with Crippen molar-refractivity contribution in [2.75, 3.05) is 25.5 Å². The van der Waals surface area contributed by atoms with Gasteiger partial charge in [0.25, 0.3) is 5.91 Å². The number of anilines is 1. The van der Waals surface area contributed by atoms with E-state index in [1.165, 1.54) is 13.3 Å². The number of halogens is 2. The van der Waals surface area contributed by atoms with Crippen LogP contribution in [0.2, 0.25) is 10.0 Å². The highest BCUT2D eigenvalue weighted by Gasteiger charge is 2.28. The number of ether oxygens (including phenoxy) is 1. The Morgan fingerprint density at radius 2 is 1.74 bits per heavy atom.